The molecular formula is C15H16N2O3S. The predicted molar refractivity (Wildman–Crippen MR) is 82.8 cm³/mol. The molecule has 0 amide bonds. The van der Waals surface area contributed by atoms with Crippen molar-refractivity contribution in [3.8, 4) is 0 Å². The summed E-state index contributed by atoms with van der Waals surface area (Å²) >= 11 is 0. The number of rotatable bonds is 4. The van der Waals surface area contributed by atoms with Gasteiger partial charge in [-0.15, -0.1) is 0 Å². The number of hydrogen-bond donors (Lipinski definition) is 2. The van der Waals surface area contributed by atoms with Gasteiger partial charge in [0.2, 0.25) is 0 Å². The maximum absolute atomic E-state index is 12.4. The SMILES string of the molecule is CC(=O)c1ccc(S(=O)(=O)Nc2ccccc2C)c(N)c1. The Morgan fingerprint density at radius 1 is 1.14 bits per heavy atom. The second kappa shape index (κ2) is 5.57. The molecule has 0 saturated heterocycles. The second-order valence-corrected chi connectivity index (χ2v) is 6.38. The molecule has 0 heterocycles. The quantitative estimate of drug-likeness (QED) is 0.671. The van der Waals surface area contributed by atoms with Crippen LogP contribution >= 0.6 is 0 Å². The maximum Gasteiger partial charge on any atom is 0.263 e. The van der Waals surface area contributed by atoms with Crippen LogP contribution in [0.2, 0.25) is 0 Å². The molecule has 0 fully saturated rings. The van der Waals surface area contributed by atoms with Crippen LogP contribution in [-0.4, -0.2) is 14.2 Å². The van der Waals surface area contributed by atoms with Crippen molar-refractivity contribution in [2.45, 2.75) is 18.7 Å². The molecule has 0 radical (unpaired) electrons. The highest BCUT2D eigenvalue weighted by Gasteiger charge is 2.19. The maximum atomic E-state index is 12.4. The number of ketones is 1. The number of anilines is 2. The molecule has 5 nitrogen and oxygen atoms in total. The number of carbonyl (C=O) groups excluding carboxylic acids is 1. The third-order valence-corrected chi connectivity index (χ3v) is 4.53. The van der Waals surface area contributed by atoms with Gasteiger partial charge in [-0.2, -0.15) is 0 Å². The molecule has 0 spiro atoms. The highest BCUT2D eigenvalue weighted by Crippen LogP contribution is 2.24. The van der Waals surface area contributed by atoms with E-state index in [1.165, 1.54) is 25.1 Å². The molecule has 0 saturated carbocycles. The molecule has 2 aromatic carbocycles. The first-order chi connectivity index (χ1) is 9.81. The highest BCUT2D eigenvalue weighted by atomic mass is 32.2. The van der Waals surface area contributed by atoms with E-state index in [-0.39, 0.29) is 16.4 Å². The van der Waals surface area contributed by atoms with Gasteiger partial charge < -0.3 is 5.73 Å². The fourth-order valence-corrected chi connectivity index (χ4v) is 3.14. The molecule has 0 aromatic heterocycles. The van der Waals surface area contributed by atoms with E-state index in [0.717, 1.165) is 5.56 Å². The van der Waals surface area contributed by atoms with Gasteiger partial charge >= 0.3 is 0 Å². The van der Waals surface area contributed by atoms with E-state index in [4.69, 9.17) is 5.73 Å². The van der Waals surface area contributed by atoms with Gasteiger partial charge in [-0.05, 0) is 43.7 Å². The summed E-state index contributed by atoms with van der Waals surface area (Å²) in [5.74, 6) is -0.169. The molecule has 3 N–H and O–H groups in total. The Balaban J connectivity index is 2.41. The minimum Gasteiger partial charge on any atom is -0.398 e. The Bertz CT molecular complexity index is 798. The second-order valence-electron chi connectivity index (χ2n) is 4.73. The monoisotopic (exact) mass is 304 g/mol. The van der Waals surface area contributed by atoms with Crippen LogP contribution in [-0.2, 0) is 10.0 Å². The summed E-state index contributed by atoms with van der Waals surface area (Å²) < 4.78 is 27.3. The average molecular weight is 304 g/mol. The molecule has 2 aromatic rings. The number of sulfonamides is 1. The third-order valence-electron chi connectivity index (χ3n) is 3.10. The van der Waals surface area contributed by atoms with E-state index in [1.807, 2.05) is 6.07 Å². The van der Waals surface area contributed by atoms with Crippen LogP contribution in [0.3, 0.4) is 0 Å². The molecule has 0 bridgehead atoms. The Kier molecular flexibility index (Phi) is 3.99. The smallest absolute Gasteiger partial charge is 0.263 e. The predicted octanol–water partition coefficient (Wildman–Crippen LogP) is 2.58. The first-order valence-electron chi connectivity index (χ1n) is 6.30. The van der Waals surface area contributed by atoms with Crippen molar-refractivity contribution in [1.29, 1.82) is 0 Å². The van der Waals surface area contributed by atoms with Crippen molar-refractivity contribution < 1.29 is 13.2 Å². The number of para-hydroxylation sites is 1. The first-order valence-corrected chi connectivity index (χ1v) is 7.78. The van der Waals surface area contributed by atoms with E-state index >= 15 is 0 Å². The summed E-state index contributed by atoms with van der Waals surface area (Å²) in [4.78, 5) is 11.2. The van der Waals surface area contributed by atoms with E-state index < -0.39 is 10.0 Å². The Hall–Kier alpha value is -2.34. The molecule has 6 heteroatoms. The highest BCUT2D eigenvalue weighted by molar-refractivity contribution is 7.92. The van der Waals surface area contributed by atoms with Crippen LogP contribution < -0.4 is 10.5 Å². The average Bonchev–Trinajstić information content (AvgIpc) is 2.40. The summed E-state index contributed by atoms with van der Waals surface area (Å²) in [7, 11) is -3.80. The molecule has 110 valence electrons. The van der Waals surface area contributed by atoms with Crippen molar-refractivity contribution in [2.75, 3.05) is 10.5 Å². The molecule has 0 aliphatic heterocycles. The fraction of sp³-hybridized carbons (Fsp3) is 0.133. The van der Waals surface area contributed by atoms with Gasteiger partial charge in [0.05, 0.1) is 11.4 Å². The standard InChI is InChI=1S/C15H16N2O3S/c1-10-5-3-4-6-14(10)17-21(19,20)15-8-7-12(11(2)18)9-13(15)16/h3-9,17H,16H2,1-2H3. The zero-order valence-corrected chi connectivity index (χ0v) is 12.6. The van der Waals surface area contributed by atoms with Crippen molar-refractivity contribution in [1.82, 2.24) is 0 Å². The Morgan fingerprint density at radius 2 is 1.81 bits per heavy atom. The van der Waals surface area contributed by atoms with Crippen LogP contribution in [0.5, 0.6) is 0 Å². The summed E-state index contributed by atoms with van der Waals surface area (Å²) in [6, 6.07) is 11.2. The number of hydrogen-bond acceptors (Lipinski definition) is 4. The first kappa shape index (κ1) is 15.1. The number of carbonyl (C=O) groups is 1. The van der Waals surface area contributed by atoms with Crippen molar-refractivity contribution in [2.24, 2.45) is 0 Å². The van der Waals surface area contributed by atoms with E-state index in [1.54, 1.807) is 25.1 Å². The van der Waals surface area contributed by atoms with Crippen LogP contribution in [0.25, 0.3) is 0 Å². The van der Waals surface area contributed by atoms with Gasteiger partial charge in [-0.3, -0.25) is 9.52 Å². The summed E-state index contributed by atoms with van der Waals surface area (Å²) in [5, 5.41) is 0. The zero-order valence-electron chi connectivity index (χ0n) is 11.8. The van der Waals surface area contributed by atoms with Gasteiger partial charge in [-0.25, -0.2) is 8.42 Å². The lowest BCUT2D eigenvalue weighted by atomic mass is 10.1. The van der Waals surface area contributed by atoms with Gasteiger partial charge in [-0.1, -0.05) is 18.2 Å². The van der Waals surface area contributed by atoms with Crippen LogP contribution in [0.15, 0.2) is 47.4 Å². The normalized spacial score (nSPS) is 11.1. The summed E-state index contributed by atoms with van der Waals surface area (Å²) in [6.45, 7) is 3.20. The molecule has 0 aliphatic carbocycles. The lowest BCUT2D eigenvalue weighted by Gasteiger charge is -2.12. The number of nitrogens with two attached hydrogens (primary N) is 1. The third kappa shape index (κ3) is 3.22. The van der Waals surface area contributed by atoms with Crippen molar-refractivity contribution in [3.05, 3.63) is 53.6 Å². The van der Waals surface area contributed by atoms with Crippen molar-refractivity contribution >= 4 is 27.2 Å². The Morgan fingerprint density at radius 3 is 2.38 bits per heavy atom. The van der Waals surface area contributed by atoms with Gasteiger partial charge in [0.15, 0.2) is 5.78 Å². The summed E-state index contributed by atoms with van der Waals surface area (Å²) in [6.07, 6.45) is 0. The van der Waals surface area contributed by atoms with Crippen LogP contribution in [0, 0.1) is 6.92 Å². The Labute approximate surface area is 123 Å². The van der Waals surface area contributed by atoms with Gasteiger partial charge in [0.25, 0.3) is 10.0 Å². The van der Waals surface area contributed by atoms with E-state index in [0.29, 0.717) is 11.3 Å². The summed E-state index contributed by atoms with van der Waals surface area (Å²) in [5.41, 5.74) is 7.49. The molecular weight excluding hydrogens is 288 g/mol. The molecule has 21 heavy (non-hydrogen) atoms. The zero-order chi connectivity index (χ0) is 15.6. The minimum atomic E-state index is -3.80. The fourth-order valence-electron chi connectivity index (χ4n) is 1.90. The molecule has 0 aliphatic rings. The minimum absolute atomic E-state index is 0.0452. The number of aryl methyl sites for hydroxylation is 1. The molecule has 0 atom stereocenters. The van der Waals surface area contributed by atoms with Crippen molar-refractivity contribution in [3.63, 3.8) is 0 Å². The lowest BCUT2D eigenvalue weighted by molar-refractivity contribution is 0.101. The van der Waals surface area contributed by atoms with Gasteiger partial charge in [0.1, 0.15) is 4.90 Å². The lowest BCUT2D eigenvalue weighted by Crippen LogP contribution is -2.15. The number of nitrogens with one attached hydrogen (secondary N) is 1. The number of nitrogen functional groups attached to an aromatic ring is 1. The van der Waals surface area contributed by atoms with Crippen LogP contribution in [0.1, 0.15) is 22.8 Å². The van der Waals surface area contributed by atoms with Gasteiger partial charge in [0, 0.05) is 5.56 Å². The van der Waals surface area contributed by atoms with Crippen LogP contribution in [0.4, 0.5) is 11.4 Å². The van der Waals surface area contributed by atoms with E-state index in [2.05, 4.69) is 4.72 Å². The van der Waals surface area contributed by atoms with E-state index in [9.17, 15) is 13.2 Å². The number of Topliss-reactive ketones (excluding diaryl/α,β-unsaturated/α-hetero) is 1. The molecule has 0 unspecified atom stereocenters. The largest absolute Gasteiger partial charge is 0.398 e. The number of benzene rings is 2. The molecule has 2 rings (SSSR count). The topological polar surface area (TPSA) is 89.3 Å².